The molecule has 2 aromatic rings. The number of para-hydroxylation sites is 1. The number of hydrogen-bond acceptors (Lipinski definition) is 5. The van der Waals surface area contributed by atoms with E-state index >= 15 is 0 Å². The fraction of sp³-hybridized carbons (Fsp3) is 0.500. The van der Waals surface area contributed by atoms with Crippen LogP contribution in [0.1, 0.15) is 18.4 Å². The molecule has 160 valence electrons. The molecule has 1 aromatic heterocycles. The van der Waals surface area contributed by atoms with Crippen LogP contribution in [0.2, 0.25) is 0 Å². The number of rotatable bonds is 6. The highest BCUT2D eigenvalue weighted by molar-refractivity contribution is 5.81. The van der Waals surface area contributed by atoms with Gasteiger partial charge in [0.25, 0.3) is 5.91 Å². The predicted molar refractivity (Wildman–Crippen MR) is 112 cm³/mol. The second kappa shape index (κ2) is 9.40. The highest BCUT2D eigenvalue weighted by atomic mass is 16.5. The number of benzene rings is 1. The van der Waals surface area contributed by atoms with E-state index in [-0.39, 0.29) is 17.9 Å². The van der Waals surface area contributed by atoms with Gasteiger partial charge in [-0.2, -0.15) is 5.10 Å². The molecule has 2 aliphatic heterocycles. The average Bonchev–Trinajstić information content (AvgIpc) is 3.47. The van der Waals surface area contributed by atoms with E-state index in [2.05, 4.69) is 10.00 Å². The predicted octanol–water partition coefficient (Wildman–Crippen LogP) is 1.15. The summed E-state index contributed by atoms with van der Waals surface area (Å²) in [6.07, 6.45) is 5.27. The van der Waals surface area contributed by atoms with Crippen LogP contribution in [0.15, 0.2) is 42.7 Å². The molecular formula is C22H29N5O3. The molecule has 1 unspecified atom stereocenters. The van der Waals surface area contributed by atoms with Crippen molar-refractivity contribution in [2.75, 3.05) is 46.4 Å². The molecular weight excluding hydrogens is 382 g/mol. The Bertz CT molecular complexity index is 855. The lowest BCUT2D eigenvalue weighted by Crippen LogP contribution is -2.53. The number of nitrogens with zero attached hydrogens (tertiary/aromatic N) is 5. The first-order valence-electron chi connectivity index (χ1n) is 10.6. The fourth-order valence-electron chi connectivity index (χ4n) is 3.94. The Kier molecular flexibility index (Phi) is 6.44. The molecule has 2 saturated heterocycles. The van der Waals surface area contributed by atoms with Crippen molar-refractivity contribution < 1.29 is 14.3 Å². The lowest BCUT2D eigenvalue weighted by molar-refractivity contribution is -0.143. The van der Waals surface area contributed by atoms with Crippen molar-refractivity contribution in [2.45, 2.75) is 25.5 Å². The third kappa shape index (κ3) is 4.88. The van der Waals surface area contributed by atoms with Gasteiger partial charge >= 0.3 is 0 Å². The van der Waals surface area contributed by atoms with Crippen LogP contribution in [0.3, 0.4) is 0 Å². The zero-order chi connectivity index (χ0) is 20.9. The van der Waals surface area contributed by atoms with Gasteiger partial charge in [-0.15, -0.1) is 0 Å². The van der Waals surface area contributed by atoms with Crippen LogP contribution in [0.5, 0.6) is 0 Å². The van der Waals surface area contributed by atoms with Crippen LogP contribution in [0, 0.1) is 0 Å². The summed E-state index contributed by atoms with van der Waals surface area (Å²) >= 11 is 0. The van der Waals surface area contributed by atoms with Crippen molar-refractivity contribution in [3.63, 3.8) is 0 Å². The van der Waals surface area contributed by atoms with Gasteiger partial charge in [-0.1, -0.05) is 18.2 Å². The monoisotopic (exact) mass is 411 g/mol. The van der Waals surface area contributed by atoms with E-state index in [0.717, 1.165) is 24.1 Å². The summed E-state index contributed by atoms with van der Waals surface area (Å²) in [6.45, 7) is 4.29. The second-order valence-electron chi connectivity index (χ2n) is 7.98. The van der Waals surface area contributed by atoms with Crippen molar-refractivity contribution in [1.29, 1.82) is 0 Å². The zero-order valence-corrected chi connectivity index (χ0v) is 17.4. The largest absolute Gasteiger partial charge is 0.368 e. The van der Waals surface area contributed by atoms with Gasteiger partial charge in [0.1, 0.15) is 6.10 Å². The van der Waals surface area contributed by atoms with E-state index in [4.69, 9.17) is 4.74 Å². The lowest BCUT2D eigenvalue weighted by atomic mass is 10.2. The minimum Gasteiger partial charge on any atom is -0.368 e. The molecule has 0 saturated carbocycles. The van der Waals surface area contributed by atoms with Crippen molar-refractivity contribution >= 4 is 11.8 Å². The van der Waals surface area contributed by atoms with Crippen molar-refractivity contribution in [2.24, 2.45) is 0 Å². The van der Waals surface area contributed by atoms with Gasteiger partial charge in [0.2, 0.25) is 5.91 Å². The molecule has 1 atom stereocenters. The molecule has 3 heterocycles. The van der Waals surface area contributed by atoms with Crippen molar-refractivity contribution in [3.05, 3.63) is 48.3 Å². The van der Waals surface area contributed by atoms with Gasteiger partial charge in [-0.05, 0) is 25.0 Å². The summed E-state index contributed by atoms with van der Waals surface area (Å²) < 4.78 is 7.32. The maximum Gasteiger partial charge on any atom is 0.251 e. The maximum absolute atomic E-state index is 12.7. The molecule has 0 spiro atoms. The number of likely N-dealkylation sites (N-methyl/N-ethyl adjacent to an activating group) is 1. The van der Waals surface area contributed by atoms with Crippen LogP contribution < -0.4 is 0 Å². The van der Waals surface area contributed by atoms with E-state index in [0.29, 0.717) is 45.9 Å². The molecule has 2 aliphatic rings. The van der Waals surface area contributed by atoms with E-state index in [1.165, 1.54) is 0 Å². The number of carbonyl (C=O) groups excluding carboxylic acids is 2. The van der Waals surface area contributed by atoms with Crippen molar-refractivity contribution in [3.8, 4) is 5.69 Å². The van der Waals surface area contributed by atoms with Gasteiger partial charge in [0, 0.05) is 58.1 Å². The molecule has 8 heteroatoms. The van der Waals surface area contributed by atoms with E-state index < -0.39 is 0 Å². The quantitative estimate of drug-likeness (QED) is 0.713. The summed E-state index contributed by atoms with van der Waals surface area (Å²) in [5.41, 5.74) is 1.98. The molecule has 4 rings (SSSR count). The first kappa shape index (κ1) is 20.6. The minimum atomic E-state index is -0.263. The van der Waals surface area contributed by atoms with Gasteiger partial charge in [-0.3, -0.25) is 14.5 Å². The molecule has 0 bridgehead atoms. The van der Waals surface area contributed by atoms with Gasteiger partial charge in [-0.25, -0.2) is 4.68 Å². The molecule has 30 heavy (non-hydrogen) atoms. The summed E-state index contributed by atoms with van der Waals surface area (Å²) in [5.74, 6) is 0.174. The Balaban J connectivity index is 1.23. The van der Waals surface area contributed by atoms with E-state index in [9.17, 15) is 9.59 Å². The number of piperazine rings is 1. The Morgan fingerprint density at radius 3 is 2.63 bits per heavy atom. The number of aromatic nitrogens is 2. The second-order valence-corrected chi connectivity index (χ2v) is 7.98. The number of hydrogen-bond donors (Lipinski definition) is 0. The van der Waals surface area contributed by atoms with Crippen molar-refractivity contribution in [1.82, 2.24) is 24.5 Å². The highest BCUT2D eigenvalue weighted by Crippen LogP contribution is 2.16. The molecule has 0 aliphatic carbocycles. The highest BCUT2D eigenvalue weighted by Gasteiger charge is 2.30. The van der Waals surface area contributed by atoms with Gasteiger partial charge in [0.15, 0.2) is 0 Å². The Hall–Kier alpha value is -2.71. The van der Waals surface area contributed by atoms with Crippen LogP contribution >= 0.6 is 0 Å². The lowest BCUT2D eigenvalue weighted by Gasteiger charge is -2.35. The third-order valence-electron chi connectivity index (χ3n) is 5.75. The van der Waals surface area contributed by atoms with Crippen LogP contribution in [0.4, 0.5) is 0 Å². The van der Waals surface area contributed by atoms with Gasteiger partial charge < -0.3 is 14.5 Å². The van der Waals surface area contributed by atoms with E-state index in [1.54, 1.807) is 11.1 Å². The topological polar surface area (TPSA) is 70.9 Å². The van der Waals surface area contributed by atoms with Crippen LogP contribution in [-0.4, -0.2) is 88.8 Å². The smallest absolute Gasteiger partial charge is 0.251 e. The van der Waals surface area contributed by atoms with Gasteiger partial charge in [0.05, 0.1) is 18.4 Å². The SMILES string of the molecule is CN(Cc1cnn(-c2ccccc2)c1)C(=O)CN1CCN(C(=O)C2CCCO2)CC1. The first-order valence-corrected chi connectivity index (χ1v) is 10.6. The number of carbonyl (C=O) groups is 2. The molecule has 1 aromatic carbocycles. The number of amides is 2. The normalized spacial score (nSPS) is 19.8. The van der Waals surface area contributed by atoms with Crippen LogP contribution in [-0.2, 0) is 20.9 Å². The Morgan fingerprint density at radius 1 is 1.17 bits per heavy atom. The summed E-state index contributed by atoms with van der Waals surface area (Å²) in [6, 6.07) is 9.91. The molecule has 0 N–H and O–H groups in total. The number of ether oxygens (including phenoxy) is 1. The standard InChI is InChI=1S/C22H29N5O3/c1-24(15-18-14-23-27(16-18)19-6-3-2-4-7-19)21(28)17-25-9-11-26(12-10-25)22(29)20-8-5-13-30-20/h2-4,6-7,14,16,20H,5,8-13,15,17H2,1H3. The average molecular weight is 412 g/mol. The van der Waals surface area contributed by atoms with E-state index in [1.807, 2.05) is 53.2 Å². The molecule has 2 amide bonds. The zero-order valence-electron chi connectivity index (χ0n) is 17.4. The summed E-state index contributed by atoms with van der Waals surface area (Å²) in [7, 11) is 1.82. The summed E-state index contributed by atoms with van der Waals surface area (Å²) in [5, 5.41) is 4.39. The van der Waals surface area contributed by atoms with Crippen LogP contribution in [0.25, 0.3) is 5.69 Å². The third-order valence-corrected chi connectivity index (χ3v) is 5.75. The molecule has 2 fully saturated rings. The maximum atomic E-state index is 12.7. The Labute approximate surface area is 177 Å². The first-order chi connectivity index (χ1) is 14.6. The fourth-order valence-corrected chi connectivity index (χ4v) is 3.94. The molecule has 0 radical (unpaired) electrons. The molecule has 8 nitrogen and oxygen atoms in total. The summed E-state index contributed by atoms with van der Waals surface area (Å²) in [4.78, 5) is 30.8. The minimum absolute atomic E-state index is 0.0707. The Morgan fingerprint density at radius 2 is 1.93 bits per heavy atom.